The topological polar surface area (TPSA) is 112 Å². The number of carbonyl (C=O) groups excluding carboxylic acids is 4. The predicted octanol–water partition coefficient (Wildman–Crippen LogP) is 1.55. The monoisotopic (exact) mass is 452 g/mol. The standard InChI is InChI=1S/C22H32N2O8/c1-29-19(25)9-13-23(14-10-20(26)30-2)17-5-7-18(8-6-17)24(15-11-21(27)31-3)16-12-22(28)32-4/h5-8H,9-16H2,1-4H3. The largest absolute Gasteiger partial charge is 0.469 e. The highest BCUT2D eigenvalue weighted by molar-refractivity contribution is 5.73. The molecule has 1 aromatic carbocycles. The minimum Gasteiger partial charge on any atom is -0.469 e. The number of methoxy groups -OCH3 is 4. The molecule has 0 radical (unpaired) electrons. The number of benzene rings is 1. The summed E-state index contributed by atoms with van der Waals surface area (Å²) in [5.41, 5.74) is 1.62. The zero-order valence-electron chi connectivity index (χ0n) is 19.1. The number of hydrogen-bond acceptors (Lipinski definition) is 10. The molecule has 32 heavy (non-hydrogen) atoms. The number of carbonyl (C=O) groups is 4. The Morgan fingerprint density at radius 1 is 0.531 bits per heavy atom. The number of rotatable bonds is 14. The maximum absolute atomic E-state index is 11.6. The van der Waals surface area contributed by atoms with E-state index in [9.17, 15) is 19.2 Å². The fraction of sp³-hybridized carbons (Fsp3) is 0.545. The molecular formula is C22H32N2O8. The molecule has 0 aliphatic rings. The summed E-state index contributed by atoms with van der Waals surface area (Å²) in [6.45, 7) is 1.49. The van der Waals surface area contributed by atoms with Gasteiger partial charge in [0.25, 0.3) is 0 Å². The second kappa shape index (κ2) is 14.7. The van der Waals surface area contributed by atoms with E-state index in [4.69, 9.17) is 18.9 Å². The molecule has 0 saturated heterocycles. The van der Waals surface area contributed by atoms with Gasteiger partial charge in [-0.3, -0.25) is 19.2 Å². The zero-order chi connectivity index (χ0) is 23.9. The quantitative estimate of drug-likeness (QED) is 0.304. The summed E-state index contributed by atoms with van der Waals surface area (Å²) in [6.07, 6.45) is 0.682. The van der Waals surface area contributed by atoms with E-state index in [1.807, 2.05) is 34.1 Å². The van der Waals surface area contributed by atoms with Gasteiger partial charge >= 0.3 is 23.9 Å². The van der Waals surface area contributed by atoms with Crippen LogP contribution in [0.4, 0.5) is 11.4 Å². The first-order valence-electron chi connectivity index (χ1n) is 10.2. The van der Waals surface area contributed by atoms with E-state index in [2.05, 4.69) is 0 Å². The van der Waals surface area contributed by atoms with Crippen LogP contribution in [0, 0.1) is 0 Å². The van der Waals surface area contributed by atoms with Crippen molar-refractivity contribution in [3.8, 4) is 0 Å². The second-order valence-corrected chi connectivity index (χ2v) is 6.80. The van der Waals surface area contributed by atoms with Gasteiger partial charge in [-0.25, -0.2) is 0 Å². The van der Waals surface area contributed by atoms with E-state index in [1.54, 1.807) is 0 Å². The molecule has 0 spiro atoms. The summed E-state index contributed by atoms with van der Waals surface area (Å²) >= 11 is 0. The smallest absolute Gasteiger partial charge is 0.307 e. The Balaban J connectivity index is 2.97. The third kappa shape index (κ3) is 9.67. The number of anilines is 2. The van der Waals surface area contributed by atoms with Crippen molar-refractivity contribution in [3.63, 3.8) is 0 Å². The van der Waals surface area contributed by atoms with E-state index in [1.165, 1.54) is 28.4 Å². The van der Waals surface area contributed by atoms with Crippen molar-refractivity contribution in [2.75, 3.05) is 64.4 Å². The maximum Gasteiger partial charge on any atom is 0.307 e. The molecule has 0 saturated carbocycles. The van der Waals surface area contributed by atoms with Crippen molar-refractivity contribution in [3.05, 3.63) is 24.3 Å². The lowest BCUT2D eigenvalue weighted by atomic mass is 10.2. The van der Waals surface area contributed by atoms with Crippen molar-refractivity contribution in [1.29, 1.82) is 0 Å². The molecule has 0 amide bonds. The molecule has 0 fully saturated rings. The molecule has 0 aliphatic carbocycles. The van der Waals surface area contributed by atoms with Crippen molar-refractivity contribution in [2.24, 2.45) is 0 Å². The van der Waals surface area contributed by atoms with Crippen LogP contribution in [0.1, 0.15) is 25.7 Å². The Kier molecular flexibility index (Phi) is 12.2. The van der Waals surface area contributed by atoms with Crippen LogP contribution in [0.5, 0.6) is 0 Å². The molecule has 0 N–H and O–H groups in total. The van der Waals surface area contributed by atoms with Crippen molar-refractivity contribution >= 4 is 35.3 Å². The molecular weight excluding hydrogens is 420 g/mol. The highest BCUT2D eigenvalue weighted by atomic mass is 16.5. The van der Waals surface area contributed by atoms with Crippen molar-refractivity contribution in [1.82, 2.24) is 0 Å². The minimum absolute atomic E-state index is 0.170. The molecule has 178 valence electrons. The normalized spacial score (nSPS) is 10.1. The summed E-state index contributed by atoms with van der Waals surface area (Å²) in [7, 11) is 5.31. The molecule has 1 rings (SSSR count). The summed E-state index contributed by atoms with van der Waals surface area (Å²) in [5, 5.41) is 0. The Morgan fingerprint density at radius 3 is 0.938 bits per heavy atom. The molecule has 1 aromatic rings. The average Bonchev–Trinajstić information content (AvgIpc) is 2.83. The predicted molar refractivity (Wildman–Crippen MR) is 117 cm³/mol. The van der Waals surface area contributed by atoms with E-state index < -0.39 is 0 Å². The first-order valence-corrected chi connectivity index (χ1v) is 10.2. The van der Waals surface area contributed by atoms with Crippen LogP contribution in [-0.2, 0) is 38.1 Å². The Hall–Kier alpha value is -3.30. The first-order chi connectivity index (χ1) is 15.3. The van der Waals surface area contributed by atoms with Gasteiger partial charge in [-0.2, -0.15) is 0 Å². The van der Waals surface area contributed by atoms with Gasteiger partial charge in [-0.15, -0.1) is 0 Å². The van der Waals surface area contributed by atoms with Crippen LogP contribution in [0.15, 0.2) is 24.3 Å². The lowest BCUT2D eigenvalue weighted by Crippen LogP contribution is -2.30. The molecule has 0 unspecified atom stereocenters. The second-order valence-electron chi connectivity index (χ2n) is 6.80. The van der Waals surface area contributed by atoms with Crippen LogP contribution < -0.4 is 9.80 Å². The van der Waals surface area contributed by atoms with E-state index in [0.29, 0.717) is 26.2 Å². The number of esters is 4. The molecule has 0 aromatic heterocycles. The molecule has 10 heteroatoms. The van der Waals surface area contributed by atoms with Crippen LogP contribution in [0.25, 0.3) is 0 Å². The van der Waals surface area contributed by atoms with Crippen LogP contribution in [0.3, 0.4) is 0 Å². The first kappa shape index (κ1) is 26.7. The fourth-order valence-electron chi connectivity index (χ4n) is 2.93. The van der Waals surface area contributed by atoms with Crippen molar-refractivity contribution in [2.45, 2.75) is 25.7 Å². The van der Waals surface area contributed by atoms with Crippen molar-refractivity contribution < 1.29 is 38.1 Å². The van der Waals surface area contributed by atoms with E-state index in [-0.39, 0.29) is 49.6 Å². The Bertz CT molecular complexity index is 648. The molecule has 0 atom stereocenters. The van der Waals surface area contributed by atoms with Gasteiger partial charge in [-0.1, -0.05) is 0 Å². The summed E-state index contributed by atoms with van der Waals surface area (Å²) in [5.74, 6) is -1.38. The van der Waals surface area contributed by atoms with Gasteiger partial charge in [0.15, 0.2) is 0 Å². The summed E-state index contributed by atoms with van der Waals surface area (Å²) in [6, 6.07) is 7.42. The third-order valence-corrected chi connectivity index (χ3v) is 4.83. The van der Waals surface area contributed by atoms with Gasteiger partial charge < -0.3 is 28.7 Å². The molecule has 0 bridgehead atoms. The van der Waals surface area contributed by atoms with Gasteiger partial charge in [-0.05, 0) is 24.3 Å². The van der Waals surface area contributed by atoms with Crippen LogP contribution >= 0.6 is 0 Å². The molecule has 0 heterocycles. The Labute approximate surface area is 188 Å². The van der Waals surface area contributed by atoms with Gasteiger partial charge in [0.05, 0.1) is 54.1 Å². The van der Waals surface area contributed by atoms with E-state index >= 15 is 0 Å². The third-order valence-electron chi connectivity index (χ3n) is 4.83. The van der Waals surface area contributed by atoms with Gasteiger partial charge in [0.1, 0.15) is 0 Å². The molecule has 0 aliphatic heterocycles. The van der Waals surface area contributed by atoms with E-state index in [0.717, 1.165) is 11.4 Å². The highest BCUT2D eigenvalue weighted by Gasteiger charge is 2.15. The molecule has 10 nitrogen and oxygen atoms in total. The summed E-state index contributed by atoms with van der Waals surface area (Å²) in [4.78, 5) is 50.1. The Morgan fingerprint density at radius 2 is 0.750 bits per heavy atom. The number of ether oxygens (including phenoxy) is 4. The van der Waals surface area contributed by atoms with Crippen LogP contribution in [0.2, 0.25) is 0 Å². The minimum atomic E-state index is -0.346. The van der Waals surface area contributed by atoms with Gasteiger partial charge in [0.2, 0.25) is 0 Å². The number of nitrogens with zero attached hydrogens (tertiary/aromatic N) is 2. The number of hydrogen-bond donors (Lipinski definition) is 0. The lowest BCUT2D eigenvalue weighted by molar-refractivity contribution is -0.141. The average molecular weight is 453 g/mol. The maximum atomic E-state index is 11.6. The van der Waals surface area contributed by atoms with Crippen LogP contribution in [-0.4, -0.2) is 78.5 Å². The fourth-order valence-corrected chi connectivity index (χ4v) is 2.93. The SMILES string of the molecule is COC(=O)CCN(CCC(=O)OC)c1ccc(N(CCC(=O)OC)CCC(=O)OC)cc1. The van der Waals surface area contributed by atoms with Gasteiger partial charge in [0, 0.05) is 37.6 Å². The lowest BCUT2D eigenvalue weighted by Gasteiger charge is -2.27. The zero-order valence-corrected chi connectivity index (χ0v) is 19.1. The summed E-state index contributed by atoms with van der Waals surface area (Å²) < 4.78 is 18.8. The highest BCUT2D eigenvalue weighted by Crippen LogP contribution is 2.22.